The number of hydrogen-bond donors (Lipinski definition) is 5. The number of anilines is 1. The fourth-order valence-corrected chi connectivity index (χ4v) is 4.65. The normalized spacial score (nSPS) is 11.4. The third kappa shape index (κ3) is 5.85. The van der Waals surface area contributed by atoms with Gasteiger partial charge in [0.2, 0.25) is 5.91 Å². The smallest absolute Gasteiger partial charge is 0.248 e. The number of pyridine rings is 2. The first-order valence-electron chi connectivity index (χ1n) is 12.9. The number of rotatable bonds is 13. The average molecular weight is 512 g/mol. The maximum atomic E-state index is 11.6. The minimum absolute atomic E-state index is 0.442. The molecule has 0 fully saturated rings. The Labute approximate surface area is 221 Å². The van der Waals surface area contributed by atoms with Crippen LogP contribution in [0.1, 0.15) is 28.9 Å². The number of benzene rings is 2. The van der Waals surface area contributed by atoms with Gasteiger partial charge in [0, 0.05) is 70.3 Å². The fraction of sp³-hybridized carbons (Fsp3) is 0.276. The van der Waals surface area contributed by atoms with Gasteiger partial charge in [-0.2, -0.15) is 0 Å². The lowest BCUT2D eigenvalue weighted by Crippen LogP contribution is -2.24. The van der Waals surface area contributed by atoms with Crippen LogP contribution in [0.25, 0.3) is 32.6 Å². The number of amides is 1. The zero-order valence-corrected chi connectivity index (χ0v) is 21.5. The summed E-state index contributed by atoms with van der Waals surface area (Å²) in [5.41, 5.74) is 8.92. The van der Waals surface area contributed by atoms with Crippen LogP contribution >= 0.6 is 0 Å². The van der Waals surface area contributed by atoms with E-state index in [2.05, 4.69) is 32.0 Å². The number of primary amides is 1. The number of nitrogens with one attached hydrogen (secondary N) is 4. The summed E-state index contributed by atoms with van der Waals surface area (Å²) < 4.78 is 5.30. The van der Waals surface area contributed by atoms with E-state index in [0.717, 1.165) is 89.7 Å². The van der Waals surface area contributed by atoms with E-state index < -0.39 is 5.91 Å². The number of ether oxygens (including phenoxy) is 1. The van der Waals surface area contributed by atoms with Gasteiger partial charge in [0.05, 0.1) is 12.6 Å². The predicted molar refractivity (Wildman–Crippen MR) is 153 cm³/mol. The maximum absolute atomic E-state index is 11.6. The molecule has 0 unspecified atom stereocenters. The number of nitrogens with zero attached hydrogens (tertiary/aromatic N) is 2. The Balaban J connectivity index is 1.04. The molecular formula is C29H33N7O2. The van der Waals surface area contributed by atoms with Gasteiger partial charge in [0.1, 0.15) is 11.6 Å². The Morgan fingerprint density at radius 3 is 2.66 bits per heavy atom. The monoisotopic (exact) mass is 511 g/mol. The molecule has 2 aromatic carbocycles. The molecule has 0 aliphatic heterocycles. The highest BCUT2D eigenvalue weighted by atomic mass is 16.5. The van der Waals surface area contributed by atoms with E-state index in [-0.39, 0.29) is 0 Å². The van der Waals surface area contributed by atoms with Crippen molar-refractivity contribution in [2.45, 2.75) is 19.4 Å². The van der Waals surface area contributed by atoms with Crippen molar-refractivity contribution in [2.24, 2.45) is 5.73 Å². The molecule has 1 amide bonds. The summed E-state index contributed by atoms with van der Waals surface area (Å²) in [7, 11) is 1.69. The molecule has 3 aromatic heterocycles. The molecule has 9 heteroatoms. The molecule has 0 aliphatic rings. The molecule has 0 saturated carbocycles. The lowest BCUT2D eigenvalue weighted by molar-refractivity contribution is 0.100. The van der Waals surface area contributed by atoms with Crippen LogP contribution in [0.4, 0.5) is 5.82 Å². The number of hydrogen-bond acceptors (Lipinski definition) is 7. The third-order valence-electron chi connectivity index (χ3n) is 6.63. The molecule has 9 nitrogen and oxygen atoms in total. The van der Waals surface area contributed by atoms with Crippen LogP contribution in [-0.2, 0) is 6.54 Å². The van der Waals surface area contributed by atoms with Gasteiger partial charge in [0.15, 0.2) is 0 Å². The van der Waals surface area contributed by atoms with Crippen LogP contribution < -0.4 is 26.4 Å². The number of nitrogens with two attached hydrogens (primary N) is 1. The summed E-state index contributed by atoms with van der Waals surface area (Å²) in [5, 5.41) is 14.5. The molecule has 196 valence electrons. The van der Waals surface area contributed by atoms with Crippen LogP contribution in [0, 0.1) is 0 Å². The minimum atomic E-state index is -0.465. The molecule has 3 heterocycles. The molecule has 38 heavy (non-hydrogen) atoms. The fourth-order valence-electron chi connectivity index (χ4n) is 4.65. The standard InChI is InChI=1S/C29H33N7O2/c1-38-22-5-7-26-20(15-22)14-21(35-26)17-32-10-3-2-9-31-12-13-34-29-24-8-11-33-18-25(24)23-6-4-19(28(30)37)16-27(23)36-29/h4-8,11,14-16,18,31-32,35H,2-3,9-10,12-13,17H2,1H3,(H2,30,37)(H,34,36). The topological polar surface area (TPSA) is 130 Å². The van der Waals surface area contributed by atoms with E-state index in [1.807, 2.05) is 36.5 Å². The summed E-state index contributed by atoms with van der Waals surface area (Å²) in [4.78, 5) is 24.1. The van der Waals surface area contributed by atoms with Gasteiger partial charge >= 0.3 is 0 Å². The summed E-state index contributed by atoms with van der Waals surface area (Å²) in [6.07, 6.45) is 5.78. The van der Waals surface area contributed by atoms with Crippen molar-refractivity contribution in [2.75, 3.05) is 38.6 Å². The zero-order valence-electron chi connectivity index (χ0n) is 21.5. The Morgan fingerprint density at radius 1 is 0.947 bits per heavy atom. The number of fused-ring (bicyclic) bond motifs is 4. The highest BCUT2D eigenvalue weighted by Gasteiger charge is 2.10. The molecular weight excluding hydrogens is 478 g/mol. The van der Waals surface area contributed by atoms with Crippen LogP contribution in [0.3, 0.4) is 0 Å². The number of aromatic nitrogens is 3. The second kappa shape index (κ2) is 11.9. The van der Waals surface area contributed by atoms with Crippen molar-refractivity contribution in [1.82, 2.24) is 25.6 Å². The second-order valence-electron chi connectivity index (χ2n) is 9.29. The average Bonchev–Trinajstić information content (AvgIpc) is 3.35. The van der Waals surface area contributed by atoms with E-state index >= 15 is 0 Å². The van der Waals surface area contributed by atoms with Gasteiger partial charge in [0.25, 0.3) is 0 Å². The van der Waals surface area contributed by atoms with E-state index in [9.17, 15) is 4.79 Å². The Morgan fingerprint density at radius 2 is 1.82 bits per heavy atom. The number of aromatic amines is 1. The van der Waals surface area contributed by atoms with Crippen molar-refractivity contribution in [1.29, 1.82) is 0 Å². The molecule has 5 aromatic rings. The van der Waals surface area contributed by atoms with Gasteiger partial charge in [-0.05, 0) is 68.4 Å². The second-order valence-corrected chi connectivity index (χ2v) is 9.29. The summed E-state index contributed by atoms with van der Waals surface area (Å²) in [6.45, 7) is 4.28. The zero-order chi connectivity index (χ0) is 26.3. The summed E-state index contributed by atoms with van der Waals surface area (Å²) in [5.74, 6) is 1.18. The van der Waals surface area contributed by atoms with E-state index in [1.54, 1.807) is 25.4 Å². The van der Waals surface area contributed by atoms with Gasteiger partial charge in [-0.15, -0.1) is 0 Å². The lowest BCUT2D eigenvalue weighted by atomic mass is 10.1. The summed E-state index contributed by atoms with van der Waals surface area (Å²) in [6, 6.07) is 15.5. The van der Waals surface area contributed by atoms with E-state index in [1.165, 1.54) is 5.69 Å². The molecule has 0 radical (unpaired) electrons. The quantitative estimate of drug-likeness (QED) is 0.120. The first-order valence-corrected chi connectivity index (χ1v) is 12.9. The highest BCUT2D eigenvalue weighted by Crippen LogP contribution is 2.29. The Bertz CT molecular complexity index is 1560. The van der Waals surface area contributed by atoms with Gasteiger partial charge in [-0.25, -0.2) is 4.98 Å². The molecule has 6 N–H and O–H groups in total. The number of carbonyl (C=O) groups is 1. The number of methoxy groups -OCH3 is 1. The molecule has 0 bridgehead atoms. The number of unbranched alkanes of at least 4 members (excludes halogenated alkanes) is 1. The van der Waals surface area contributed by atoms with Crippen molar-refractivity contribution in [3.8, 4) is 5.75 Å². The van der Waals surface area contributed by atoms with Crippen LogP contribution in [0.5, 0.6) is 5.75 Å². The number of H-pyrrole nitrogens is 1. The largest absolute Gasteiger partial charge is 0.497 e. The lowest BCUT2D eigenvalue weighted by Gasteiger charge is -2.12. The third-order valence-corrected chi connectivity index (χ3v) is 6.63. The van der Waals surface area contributed by atoms with Crippen molar-refractivity contribution in [3.05, 3.63) is 72.2 Å². The summed E-state index contributed by atoms with van der Waals surface area (Å²) >= 11 is 0. The Kier molecular flexibility index (Phi) is 7.96. The first-order chi connectivity index (χ1) is 18.6. The van der Waals surface area contributed by atoms with E-state index in [0.29, 0.717) is 5.56 Å². The van der Waals surface area contributed by atoms with Crippen molar-refractivity contribution < 1.29 is 9.53 Å². The van der Waals surface area contributed by atoms with Crippen LogP contribution in [0.2, 0.25) is 0 Å². The van der Waals surface area contributed by atoms with Crippen LogP contribution in [-0.4, -0.2) is 54.1 Å². The van der Waals surface area contributed by atoms with Crippen LogP contribution in [0.15, 0.2) is 60.9 Å². The van der Waals surface area contributed by atoms with Gasteiger partial charge < -0.3 is 31.4 Å². The van der Waals surface area contributed by atoms with Gasteiger partial charge in [-0.1, -0.05) is 6.07 Å². The molecule has 0 saturated heterocycles. The van der Waals surface area contributed by atoms with Crippen molar-refractivity contribution in [3.63, 3.8) is 0 Å². The first kappa shape index (κ1) is 25.4. The van der Waals surface area contributed by atoms with E-state index in [4.69, 9.17) is 15.5 Å². The van der Waals surface area contributed by atoms with Gasteiger partial charge in [-0.3, -0.25) is 9.78 Å². The molecule has 5 rings (SSSR count). The molecule has 0 aliphatic carbocycles. The minimum Gasteiger partial charge on any atom is -0.497 e. The number of carbonyl (C=O) groups excluding carboxylic acids is 1. The molecule has 0 atom stereocenters. The van der Waals surface area contributed by atoms with Crippen molar-refractivity contribution >= 4 is 44.3 Å². The highest BCUT2D eigenvalue weighted by molar-refractivity contribution is 6.11. The Hall–Kier alpha value is -4.21. The molecule has 0 spiro atoms. The SMILES string of the molecule is COc1ccc2[nH]c(CNCCCCNCCNc3nc4cc(C(N)=O)ccc4c4cnccc34)cc2c1. The predicted octanol–water partition coefficient (Wildman–Crippen LogP) is 3.94. The maximum Gasteiger partial charge on any atom is 0.248 e.